The maximum absolute atomic E-state index is 13.0. The van der Waals surface area contributed by atoms with Crippen molar-refractivity contribution in [1.82, 2.24) is 10.2 Å². The molecule has 0 spiro atoms. The van der Waals surface area contributed by atoms with Crippen LogP contribution < -0.4 is 5.32 Å². The van der Waals surface area contributed by atoms with Gasteiger partial charge >= 0.3 is 0 Å². The lowest BCUT2D eigenvalue weighted by Gasteiger charge is -2.14. The Balaban J connectivity index is 1.83. The molecule has 1 heterocycles. The van der Waals surface area contributed by atoms with Gasteiger partial charge in [-0.2, -0.15) is 0 Å². The fourth-order valence-corrected chi connectivity index (χ4v) is 2.86. The first kappa shape index (κ1) is 16.8. The summed E-state index contributed by atoms with van der Waals surface area (Å²) in [4.78, 5) is 38.4. The van der Waals surface area contributed by atoms with Gasteiger partial charge in [-0.25, -0.2) is 4.39 Å². The van der Waals surface area contributed by atoms with Gasteiger partial charge in [0.15, 0.2) is 5.78 Å². The van der Waals surface area contributed by atoms with Gasteiger partial charge in [0.1, 0.15) is 5.82 Å². The fourth-order valence-electron chi connectivity index (χ4n) is 2.86. The number of carbonyl (C=O) groups is 3. The van der Waals surface area contributed by atoms with E-state index in [4.69, 9.17) is 0 Å². The highest BCUT2D eigenvalue weighted by Gasteiger charge is 2.29. The van der Waals surface area contributed by atoms with E-state index in [1.165, 1.54) is 24.3 Å². The second-order valence-electron chi connectivity index (χ2n) is 6.03. The van der Waals surface area contributed by atoms with Crippen LogP contribution in [0.15, 0.2) is 48.5 Å². The lowest BCUT2D eigenvalue weighted by atomic mass is 9.97. The smallest absolute Gasteiger partial charge is 0.252 e. The average molecular weight is 340 g/mol. The molecule has 1 aliphatic rings. The maximum atomic E-state index is 13.0. The zero-order valence-corrected chi connectivity index (χ0v) is 13.7. The minimum Gasteiger partial charge on any atom is -0.347 e. The highest BCUT2D eigenvalue weighted by atomic mass is 19.1. The van der Waals surface area contributed by atoms with Crippen molar-refractivity contribution in [2.24, 2.45) is 0 Å². The number of nitrogens with zero attached hydrogens (tertiary/aromatic N) is 1. The van der Waals surface area contributed by atoms with Crippen molar-refractivity contribution < 1.29 is 18.8 Å². The lowest BCUT2D eigenvalue weighted by molar-refractivity contribution is -0.126. The highest BCUT2D eigenvalue weighted by Crippen LogP contribution is 2.17. The third kappa shape index (κ3) is 3.57. The summed E-state index contributed by atoms with van der Waals surface area (Å²) >= 11 is 0. The van der Waals surface area contributed by atoms with E-state index in [0.29, 0.717) is 12.1 Å². The van der Waals surface area contributed by atoms with E-state index in [0.717, 1.165) is 0 Å². The van der Waals surface area contributed by atoms with Gasteiger partial charge in [-0.15, -0.1) is 0 Å². The topological polar surface area (TPSA) is 66.5 Å². The third-order valence-corrected chi connectivity index (χ3v) is 4.20. The van der Waals surface area contributed by atoms with Crippen LogP contribution in [0.4, 0.5) is 4.39 Å². The molecule has 2 aromatic rings. The molecule has 1 unspecified atom stereocenters. The van der Waals surface area contributed by atoms with Crippen molar-refractivity contribution in [3.8, 4) is 0 Å². The molecule has 0 radical (unpaired) electrons. The van der Waals surface area contributed by atoms with Gasteiger partial charge in [0.05, 0.1) is 11.6 Å². The summed E-state index contributed by atoms with van der Waals surface area (Å²) in [5, 5.41) is 2.80. The molecule has 1 fully saturated rings. The predicted molar refractivity (Wildman–Crippen MR) is 89.8 cm³/mol. The molecule has 1 aliphatic heterocycles. The first-order chi connectivity index (χ1) is 12.0. The van der Waals surface area contributed by atoms with Crippen molar-refractivity contribution in [1.29, 1.82) is 0 Å². The normalized spacial score (nSPS) is 16.8. The number of benzene rings is 2. The second-order valence-corrected chi connectivity index (χ2v) is 6.03. The van der Waals surface area contributed by atoms with Gasteiger partial charge in [0.2, 0.25) is 5.91 Å². The number of amides is 2. The average Bonchev–Trinajstić information content (AvgIpc) is 2.92. The number of ketones is 1. The summed E-state index contributed by atoms with van der Waals surface area (Å²) in [6.07, 6.45) is 0.246. The summed E-state index contributed by atoms with van der Waals surface area (Å²) in [7, 11) is 1.68. The van der Waals surface area contributed by atoms with E-state index in [1.54, 1.807) is 36.2 Å². The quantitative estimate of drug-likeness (QED) is 0.866. The maximum Gasteiger partial charge on any atom is 0.252 e. The molecule has 0 aromatic heterocycles. The van der Waals surface area contributed by atoms with Crippen LogP contribution in [0.2, 0.25) is 0 Å². The zero-order chi connectivity index (χ0) is 18.0. The van der Waals surface area contributed by atoms with Crippen LogP contribution in [-0.2, 0) is 4.79 Å². The van der Waals surface area contributed by atoms with Crippen LogP contribution in [0, 0.1) is 5.82 Å². The zero-order valence-electron chi connectivity index (χ0n) is 13.7. The van der Waals surface area contributed by atoms with Crippen LogP contribution in [0.1, 0.15) is 32.7 Å². The molecule has 128 valence electrons. The monoisotopic (exact) mass is 340 g/mol. The number of hydrogen-bond donors (Lipinski definition) is 1. The van der Waals surface area contributed by atoms with E-state index in [2.05, 4.69) is 5.32 Å². The van der Waals surface area contributed by atoms with E-state index in [9.17, 15) is 18.8 Å². The summed E-state index contributed by atoms with van der Waals surface area (Å²) < 4.78 is 13.0. The van der Waals surface area contributed by atoms with Gasteiger partial charge in [-0.1, -0.05) is 18.2 Å². The molecule has 3 rings (SSSR count). The van der Waals surface area contributed by atoms with Crippen LogP contribution in [0.3, 0.4) is 0 Å². The standard InChI is InChI=1S/C19H17FN2O3/c1-22-11-14(10-17(22)23)21-19(25)16-5-3-2-4-15(16)18(24)12-6-8-13(20)9-7-12/h2-9,14H,10-11H2,1H3,(H,21,25). The Morgan fingerprint density at radius 3 is 2.32 bits per heavy atom. The minimum atomic E-state index is -0.433. The summed E-state index contributed by atoms with van der Waals surface area (Å²) in [5.74, 6) is -1.22. The Morgan fingerprint density at radius 2 is 1.72 bits per heavy atom. The minimum absolute atomic E-state index is 0.0269. The fraction of sp³-hybridized carbons (Fsp3) is 0.211. The molecular weight excluding hydrogens is 323 g/mol. The molecule has 0 saturated carbocycles. The lowest BCUT2D eigenvalue weighted by Crippen LogP contribution is -2.37. The highest BCUT2D eigenvalue weighted by molar-refractivity contribution is 6.15. The first-order valence-electron chi connectivity index (χ1n) is 7.90. The van der Waals surface area contributed by atoms with Gasteiger partial charge in [-0.3, -0.25) is 14.4 Å². The molecule has 2 amide bonds. The number of nitrogens with one attached hydrogen (secondary N) is 1. The summed E-state index contributed by atoms with van der Waals surface area (Å²) in [5.41, 5.74) is 0.778. The van der Waals surface area contributed by atoms with Gasteiger partial charge in [0.25, 0.3) is 5.91 Å². The third-order valence-electron chi connectivity index (χ3n) is 4.20. The van der Waals surface area contributed by atoms with Crippen LogP contribution >= 0.6 is 0 Å². The molecule has 2 aromatic carbocycles. The Hall–Kier alpha value is -3.02. The SMILES string of the molecule is CN1CC(NC(=O)c2ccccc2C(=O)c2ccc(F)cc2)CC1=O. The van der Waals surface area contributed by atoms with Crippen molar-refractivity contribution >= 4 is 17.6 Å². The van der Waals surface area contributed by atoms with Crippen molar-refractivity contribution in [2.45, 2.75) is 12.5 Å². The Labute approximate surface area is 144 Å². The van der Waals surface area contributed by atoms with E-state index >= 15 is 0 Å². The van der Waals surface area contributed by atoms with E-state index in [1.807, 2.05) is 0 Å². The molecule has 25 heavy (non-hydrogen) atoms. The van der Waals surface area contributed by atoms with E-state index in [-0.39, 0.29) is 35.3 Å². The van der Waals surface area contributed by atoms with Crippen LogP contribution in [0.25, 0.3) is 0 Å². The molecule has 1 saturated heterocycles. The van der Waals surface area contributed by atoms with Crippen LogP contribution in [0.5, 0.6) is 0 Å². The number of rotatable bonds is 4. The largest absolute Gasteiger partial charge is 0.347 e. The molecule has 1 N–H and O–H groups in total. The number of likely N-dealkylation sites (N-methyl/N-ethyl adjacent to an activating group) is 1. The molecule has 0 aliphatic carbocycles. The Kier molecular flexibility index (Phi) is 4.61. The van der Waals surface area contributed by atoms with Gasteiger partial charge in [-0.05, 0) is 30.3 Å². The van der Waals surface area contributed by atoms with Crippen LogP contribution in [-0.4, -0.2) is 42.1 Å². The number of hydrogen-bond acceptors (Lipinski definition) is 3. The van der Waals surface area contributed by atoms with Crippen molar-refractivity contribution in [3.63, 3.8) is 0 Å². The molecule has 6 heteroatoms. The molecule has 1 atom stereocenters. The second kappa shape index (κ2) is 6.84. The number of likely N-dealkylation sites (tertiary alicyclic amines) is 1. The molecule has 5 nitrogen and oxygen atoms in total. The summed E-state index contributed by atoms with van der Waals surface area (Å²) in [6.45, 7) is 0.443. The Bertz CT molecular complexity index is 833. The molecular formula is C19H17FN2O3. The van der Waals surface area contributed by atoms with Crippen molar-refractivity contribution in [2.75, 3.05) is 13.6 Å². The Morgan fingerprint density at radius 1 is 1.08 bits per heavy atom. The number of carbonyl (C=O) groups excluding carboxylic acids is 3. The number of halogens is 1. The van der Waals surface area contributed by atoms with Gasteiger partial charge in [0, 0.05) is 31.1 Å². The summed E-state index contributed by atoms with van der Waals surface area (Å²) in [6, 6.07) is 11.4. The first-order valence-corrected chi connectivity index (χ1v) is 7.90. The van der Waals surface area contributed by atoms with E-state index < -0.39 is 11.7 Å². The predicted octanol–water partition coefficient (Wildman–Crippen LogP) is 2.02. The van der Waals surface area contributed by atoms with Gasteiger partial charge < -0.3 is 10.2 Å². The molecule has 0 bridgehead atoms. The van der Waals surface area contributed by atoms with Crippen molar-refractivity contribution in [3.05, 3.63) is 71.0 Å².